The van der Waals surface area contributed by atoms with Crippen LogP contribution in [0.25, 0.3) is 0 Å². The van der Waals surface area contributed by atoms with Crippen molar-refractivity contribution in [3.63, 3.8) is 0 Å². The number of allylic oxidation sites excluding steroid dienone is 1. The van der Waals surface area contributed by atoms with Crippen molar-refractivity contribution in [1.82, 2.24) is 10.2 Å². The Morgan fingerprint density at radius 1 is 0.971 bits per heavy atom. The highest BCUT2D eigenvalue weighted by Crippen LogP contribution is 2.62. The first-order valence-electron chi connectivity index (χ1n) is 23.7. The Morgan fingerprint density at radius 3 is 2.41 bits per heavy atom. The van der Waals surface area contributed by atoms with Crippen LogP contribution in [0, 0.1) is 39.2 Å². The van der Waals surface area contributed by atoms with Crippen molar-refractivity contribution in [2.45, 2.75) is 82.8 Å². The van der Waals surface area contributed by atoms with Crippen molar-refractivity contribution in [2.24, 2.45) is 22.9 Å². The number of amides is 2. The summed E-state index contributed by atoms with van der Waals surface area (Å²) < 4.78 is 31.8. The molecule has 0 spiro atoms. The number of nitrogens with one attached hydrogen (secondary N) is 1. The summed E-state index contributed by atoms with van der Waals surface area (Å²) >= 11 is 0. The molecular weight excluding hydrogens is 899 g/mol. The van der Waals surface area contributed by atoms with E-state index < -0.39 is 34.7 Å². The lowest BCUT2D eigenvalue weighted by Gasteiger charge is -2.60. The molecule has 2 aliphatic carbocycles. The fourth-order valence-corrected chi connectivity index (χ4v) is 10.3. The molecule has 2 aliphatic heterocycles. The number of rotatable bonds is 21. The predicted octanol–water partition coefficient (Wildman–Crippen LogP) is 8.48. The summed E-state index contributed by atoms with van der Waals surface area (Å²) in [6.45, 7) is 6.29. The first-order chi connectivity index (χ1) is 34.1. The van der Waals surface area contributed by atoms with Crippen LogP contribution in [-0.2, 0) is 22.7 Å². The fraction of sp³-hybridized carbons (Fsp3) is 0.396. The molecule has 4 aromatic rings. The Bertz CT molecular complexity index is 2650. The van der Waals surface area contributed by atoms with Crippen LogP contribution < -0.4 is 24.3 Å². The zero-order valence-corrected chi connectivity index (χ0v) is 39.0. The van der Waals surface area contributed by atoms with Gasteiger partial charge in [-0.05, 0) is 128 Å². The third-order valence-electron chi connectivity index (χ3n) is 13.4. The molecule has 2 amide bonds. The molecule has 70 heavy (non-hydrogen) atoms. The van der Waals surface area contributed by atoms with Gasteiger partial charge >= 0.3 is 6.09 Å². The highest BCUT2D eigenvalue weighted by atomic mass is 16.7. The van der Waals surface area contributed by atoms with Crippen LogP contribution in [0.1, 0.15) is 90.4 Å². The highest BCUT2D eigenvalue weighted by Gasteiger charge is 2.65. The van der Waals surface area contributed by atoms with E-state index in [0.717, 1.165) is 17.6 Å². The average molecular weight is 956 g/mol. The summed E-state index contributed by atoms with van der Waals surface area (Å²) in [7, 11) is 0. The topological polar surface area (TPSA) is 225 Å². The van der Waals surface area contributed by atoms with E-state index in [-0.39, 0.29) is 69.6 Å². The molecular formula is C53H57N5O12. The average Bonchev–Trinajstić information content (AvgIpc) is 3.85. The van der Waals surface area contributed by atoms with E-state index in [4.69, 9.17) is 33.7 Å². The maximum absolute atomic E-state index is 15.5. The van der Waals surface area contributed by atoms with Gasteiger partial charge < -0.3 is 49.0 Å². The van der Waals surface area contributed by atoms with Crippen LogP contribution in [0.4, 0.5) is 10.5 Å². The molecule has 8 rings (SSSR count). The molecule has 6 unspecified atom stereocenters. The summed E-state index contributed by atoms with van der Waals surface area (Å²) in [5.41, 5.74) is 4.03. The van der Waals surface area contributed by atoms with Crippen molar-refractivity contribution in [3.05, 3.63) is 147 Å². The van der Waals surface area contributed by atoms with Crippen molar-refractivity contribution < 1.29 is 53.2 Å². The summed E-state index contributed by atoms with van der Waals surface area (Å²) in [4.78, 5) is 47.3. The van der Waals surface area contributed by atoms with Crippen molar-refractivity contribution in [2.75, 3.05) is 33.2 Å². The maximum atomic E-state index is 15.5. The van der Waals surface area contributed by atoms with Gasteiger partial charge in [0.1, 0.15) is 24.1 Å². The molecule has 4 aromatic carbocycles. The molecule has 17 nitrogen and oxygen atoms in total. The van der Waals surface area contributed by atoms with Gasteiger partial charge in [0.2, 0.25) is 12.6 Å². The van der Waals surface area contributed by atoms with E-state index in [1.807, 2.05) is 18.2 Å². The highest BCUT2D eigenvalue weighted by molar-refractivity contribution is 6.03. The minimum atomic E-state index is -1.64. The standard InChI is InChI=1S/C53H57N5O12/c1-3-25-67-53-48(57(51(61)37-16-11-34(30-54)12-17-37)31-36-15-21-46-47(26-36)66-33-65-46)29-44(56-68-32-35-13-18-39(19-14-35)58(63)64)42-27-38(9-5-7-23-59)41(10-6-8-24-60)49(50(42)53)43-28-40(20-22-45(43)70-53)69-52(62)55-4-2/h3,11-22,26-28,38,41,48-50,59-60H,1,4-10,23-25,29,31-33H2,2H3,(H,55,62). The van der Waals surface area contributed by atoms with Crippen LogP contribution in [0.15, 0.2) is 114 Å². The lowest BCUT2D eigenvalue weighted by molar-refractivity contribution is -0.384. The van der Waals surface area contributed by atoms with E-state index in [2.05, 4.69) is 24.0 Å². The summed E-state index contributed by atoms with van der Waals surface area (Å²) in [5.74, 6) is -1.50. The molecule has 6 atom stereocenters. The number of aliphatic hydroxyl groups excluding tert-OH is 2. The quantitative estimate of drug-likeness (QED) is 0.0309. The second-order valence-corrected chi connectivity index (χ2v) is 17.7. The number of non-ortho nitro benzene ring substituents is 1. The van der Waals surface area contributed by atoms with Gasteiger partial charge in [0, 0.05) is 61.9 Å². The number of hydrogen-bond donors (Lipinski definition) is 3. The zero-order valence-electron chi connectivity index (χ0n) is 39.0. The smallest absolute Gasteiger partial charge is 0.412 e. The SMILES string of the molecule is C=CCOC12Oc3ccc(OC(=O)NCC)cc3C3C(CCCCO)C(CCCCO)C=C(C(=NOCc4ccc([N+](=O)[O-])cc4)CC1N(Cc1ccc4c(c1)OCO4)C(=O)c1ccc(C#N)cc1)C32. The number of ether oxygens (including phenoxy) is 5. The number of nitrogens with zero attached hydrogens (tertiary/aromatic N) is 4. The molecule has 1 fully saturated rings. The normalized spacial score (nSPS) is 22.1. The number of benzene rings is 4. The molecule has 3 N–H and O–H groups in total. The van der Waals surface area contributed by atoms with Gasteiger partial charge in [-0.25, -0.2) is 4.79 Å². The first-order valence-corrected chi connectivity index (χ1v) is 23.7. The number of hydrogen-bond acceptors (Lipinski definition) is 14. The van der Waals surface area contributed by atoms with Crippen LogP contribution in [0.5, 0.6) is 23.0 Å². The minimum absolute atomic E-state index is 0.00491. The molecule has 17 heteroatoms. The van der Waals surface area contributed by atoms with Gasteiger partial charge in [0.05, 0.1) is 34.8 Å². The van der Waals surface area contributed by atoms with E-state index in [9.17, 15) is 30.4 Å². The monoisotopic (exact) mass is 955 g/mol. The summed E-state index contributed by atoms with van der Waals surface area (Å²) in [5, 5.41) is 48.8. The molecule has 1 saturated carbocycles. The lowest BCUT2D eigenvalue weighted by atomic mass is 9.55. The lowest BCUT2D eigenvalue weighted by Crippen LogP contribution is -2.70. The first kappa shape index (κ1) is 49.2. The van der Waals surface area contributed by atoms with Crippen molar-refractivity contribution in [3.8, 4) is 29.1 Å². The van der Waals surface area contributed by atoms with Crippen LogP contribution in [0.2, 0.25) is 0 Å². The van der Waals surface area contributed by atoms with Gasteiger partial charge in [-0.15, -0.1) is 6.58 Å². The summed E-state index contributed by atoms with van der Waals surface area (Å²) in [6.07, 6.45) is 7.21. The van der Waals surface area contributed by atoms with Crippen LogP contribution in [-0.4, -0.2) is 82.7 Å². The Labute approximate surface area is 406 Å². The van der Waals surface area contributed by atoms with E-state index in [1.165, 1.54) is 12.1 Å². The van der Waals surface area contributed by atoms with Crippen molar-refractivity contribution >= 4 is 23.4 Å². The predicted molar refractivity (Wildman–Crippen MR) is 256 cm³/mol. The second-order valence-electron chi connectivity index (χ2n) is 17.7. The van der Waals surface area contributed by atoms with Gasteiger partial charge in [-0.2, -0.15) is 5.26 Å². The number of nitro benzene ring substituents is 1. The van der Waals surface area contributed by atoms with Gasteiger partial charge in [-0.1, -0.05) is 36.2 Å². The number of unbranched alkanes of at least 4 members (excludes halogenated alkanes) is 2. The fourth-order valence-electron chi connectivity index (χ4n) is 10.3. The van der Waals surface area contributed by atoms with Crippen LogP contribution in [0.3, 0.4) is 0 Å². The molecule has 0 aromatic heterocycles. The van der Waals surface area contributed by atoms with Gasteiger partial charge in [0.25, 0.3) is 11.6 Å². The molecule has 2 heterocycles. The third kappa shape index (κ3) is 10.5. The molecule has 0 saturated heterocycles. The number of oxime groups is 1. The third-order valence-corrected chi connectivity index (χ3v) is 13.4. The largest absolute Gasteiger partial charge is 0.459 e. The minimum Gasteiger partial charge on any atom is -0.459 e. The van der Waals surface area contributed by atoms with E-state index >= 15 is 4.79 Å². The van der Waals surface area contributed by atoms with Crippen LogP contribution >= 0.6 is 0 Å². The molecule has 0 radical (unpaired) electrons. The number of nitro groups is 1. The van der Waals surface area contributed by atoms with Crippen molar-refractivity contribution in [1.29, 1.82) is 5.26 Å². The number of carbonyl (C=O) groups excluding carboxylic acids is 2. The molecule has 366 valence electrons. The second kappa shape index (κ2) is 22.4. The molecule has 0 bridgehead atoms. The van der Waals surface area contributed by atoms with Gasteiger partial charge in [-0.3, -0.25) is 14.9 Å². The van der Waals surface area contributed by atoms with E-state index in [1.54, 1.807) is 72.5 Å². The maximum Gasteiger partial charge on any atom is 0.412 e. The Kier molecular flexibility index (Phi) is 15.8. The number of nitriles is 1. The molecule has 4 aliphatic rings. The van der Waals surface area contributed by atoms with E-state index in [0.29, 0.717) is 89.6 Å². The Hall–Kier alpha value is -7.26. The summed E-state index contributed by atoms with van der Waals surface area (Å²) in [6, 6.07) is 24.4. The number of fused-ring (bicyclic) bond motifs is 3. The van der Waals surface area contributed by atoms with Gasteiger partial charge in [0.15, 0.2) is 11.5 Å². The Morgan fingerprint density at radius 2 is 1.70 bits per heavy atom. The number of aliphatic hydroxyl groups is 2. The Balaban J connectivity index is 1.35. The number of carbonyl (C=O) groups is 2. The zero-order chi connectivity index (χ0) is 49.2.